The Kier molecular flexibility index (Phi) is 6.66. The quantitative estimate of drug-likeness (QED) is 0.349. The lowest BCUT2D eigenvalue weighted by molar-refractivity contribution is 0.0214. The van der Waals surface area contributed by atoms with Gasteiger partial charge in [-0.05, 0) is 82.2 Å². The lowest BCUT2D eigenvalue weighted by atomic mass is 9.75. The van der Waals surface area contributed by atoms with E-state index in [1.807, 2.05) is 45.0 Å². The molecule has 1 aliphatic carbocycles. The molecule has 9 heteroatoms. The first-order chi connectivity index (χ1) is 16.7. The molecular weight excluding hydrogens is 485 g/mol. The second-order valence-electron chi connectivity index (χ2n) is 10.7. The summed E-state index contributed by atoms with van der Waals surface area (Å²) < 4.78 is 7.80. The van der Waals surface area contributed by atoms with Crippen molar-refractivity contribution in [1.29, 1.82) is 0 Å². The average molecular weight is 516 g/mol. The lowest BCUT2D eigenvalue weighted by Crippen LogP contribution is -2.35. The number of ether oxygens (including phenoxy) is 1. The maximum absolute atomic E-state index is 13.0. The van der Waals surface area contributed by atoms with Gasteiger partial charge in [0.1, 0.15) is 16.9 Å². The van der Waals surface area contributed by atoms with Crippen molar-refractivity contribution in [2.24, 2.45) is 16.8 Å². The molecule has 0 radical (unpaired) electrons. The molecule has 2 unspecified atom stereocenters. The van der Waals surface area contributed by atoms with Crippen molar-refractivity contribution in [3.8, 4) is 5.69 Å². The van der Waals surface area contributed by atoms with E-state index in [4.69, 9.17) is 27.9 Å². The normalized spacial score (nSPS) is 26.1. The van der Waals surface area contributed by atoms with Crippen LogP contribution in [0, 0.1) is 11.8 Å². The average Bonchev–Trinajstić information content (AvgIpc) is 3.14. The molecule has 3 aliphatic rings. The van der Waals surface area contributed by atoms with E-state index in [2.05, 4.69) is 25.8 Å². The number of benzene rings is 1. The number of dihydropyridines is 1. The highest BCUT2D eigenvalue weighted by atomic mass is 35.5. The molecule has 186 valence electrons. The van der Waals surface area contributed by atoms with Crippen molar-refractivity contribution >= 4 is 35.5 Å². The Labute approximate surface area is 216 Å². The molecule has 1 fully saturated rings. The number of rotatable bonds is 2. The van der Waals surface area contributed by atoms with Gasteiger partial charge in [-0.3, -0.25) is 14.5 Å². The van der Waals surface area contributed by atoms with Crippen LogP contribution in [-0.2, 0) is 17.8 Å². The second kappa shape index (κ2) is 9.58. The predicted molar refractivity (Wildman–Crippen MR) is 137 cm³/mol. The Hall–Kier alpha value is -2.38. The van der Waals surface area contributed by atoms with Crippen molar-refractivity contribution < 1.29 is 9.53 Å². The number of alkyl halides is 1. The van der Waals surface area contributed by atoms with E-state index in [0.29, 0.717) is 24.0 Å². The number of aromatic nitrogens is 3. The Morgan fingerprint density at radius 1 is 1.11 bits per heavy atom. The van der Waals surface area contributed by atoms with Gasteiger partial charge < -0.3 is 4.74 Å². The maximum Gasteiger partial charge on any atom is 0.411 e. The van der Waals surface area contributed by atoms with E-state index >= 15 is 0 Å². The first-order valence-corrected chi connectivity index (χ1v) is 13.1. The summed E-state index contributed by atoms with van der Waals surface area (Å²) in [6.07, 6.45) is 9.78. The van der Waals surface area contributed by atoms with Crippen LogP contribution in [0.15, 0.2) is 35.3 Å². The van der Waals surface area contributed by atoms with Crippen LogP contribution >= 0.6 is 23.2 Å². The van der Waals surface area contributed by atoms with Gasteiger partial charge in [0, 0.05) is 23.1 Å². The van der Waals surface area contributed by atoms with Crippen LogP contribution in [0.1, 0.15) is 69.6 Å². The van der Waals surface area contributed by atoms with E-state index in [1.165, 1.54) is 0 Å². The molecule has 1 amide bonds. The number of fused-ring (bicyclic) bond motifs is 3. The van der Waals surface area contributed by atoms with Gasteiger partial charge in [0.25, 0.3) is 0 Å². The van der Waals surface area contributed by atoms with Crippen LogP contribution < -0.4 is 0 Å². The monoisotopic (exact) mass is 515 g/mol. The Bertz CT molecular complexity index is 1160. The van der Waals surface area contributed by atoms with Gasteiger partial charge in [-0.1, -0.05) is 29.3 Å². The highest BCUT2D eigenvalue weighted by Gasteiger charge is 2.35. The molecule has 35 heavy (non-hydrogen) atoms. The molecule has 2 atom stereocenters. The van der Waals surface area contributed by atoms with Gasteiger partial charge >= 0.3 is 6.09 Å². The fraction of sp³-hybridized carbons (Fsp3) is 0.538. The third-order valence-electron chi connectivity index (χ3n) is 7.03. The first kappa shape index (κ1) is 24.3. The number of amides is 1. The summed E-state index contributed by atoms with van der Waals surface area (Å²) in [7, 11) is 0. The molecule has 2 aromatic rings. The molecule has 1 aromatic heterocycles. The lowest BCUT2D eigenvalue weighted by Gasteiger charge is -2.34. The molecule has 3 heterocycles. The number of halogens is 2. The number of nitrogens with zero attached hydrogens (tertiary/aromatic N) is 5. The van der Waals surface area contributed by atoms with Crippen LogP contribution in [0.4, 0.5) is 4.79 Å². The van der Waals surface area contributed by atoms with Gasteiger partial charge in [0.15, 0.2) is 5.82 Å². The first-order valence-electron chi connectivity index (χ1n) is 12.2. The zero-order valence-corrected chi connectivity index (χ0v) is 21.8. The number of carbonyl (C=O) groups is 1. The summed E-state index contributed by atoms with van der Waals surface area (Å²) in [4.78, 5) is 19.0. The van der Waals surface area contributed by atoms with Crippen LogP contribution in [0.5, 0.6) is 0 Å². The summed E-state index contributed by atoms with van der Waals surface area (Å²) in [5.74, 6) is 2.77. The van der Waals surface area contributed by atoms with Gasteiger partial charge in [-0.25, -0.2) is 4.79 Å². The number of carbonyl (C=O) groups excluding carboxylic acids is 1. The minimum atomic E-state index is -0.584. The highest BCUT2D eigenvalue weighted by molar-refractivity contribution is 6.30. The minimum Gasteiger partial charge on any atom is -0.444 e. The van der Waals surface area contributed by atoms with Crippen molar-refractivity contribution in [2.75, 3.05) is 0 Å². The molecule has 0 spiro atoms. The zero-order valence-electron chi connectivity index (χ0n) is 20.3. The summed E-state index contributed by atoms with van der Waals surface area (Å²) in [5, 5.41) is 9.82. The van der Waals surface area contributed by atoms with Crippen molar-refractivity contribution in [2.45, 2.75) is 76.6 Å². The predicted octanol–water partition coefficient (Wildman–Crippen LogP) is 6.27. The topological polar surface area (TPSA) is 72.6 Å². The van der Waals surface area contributed by atoms with E-state index in [0.717, 1.165) is 48.6 Å². The second-order valence-corrected chi connectivity index (χ2v) is 11.5. The van der Waals surface area contributed by atoms with E-state index in [-0.39, 0.29) is 23.4 Å². The molecule has 1 saturated carbocycles. The molecule has 1 aromatic carbocycles. The SMILES string of the molecule is CC(C)(C)OC(=O)N1Cc2cc(Cl)ccc2-n2c(nnc2[C@H]2CC[C@H](C3C=CC=NC3Cl)CC2)C1. The van der Waals surface area contributed by atoms with E-state index < -0.39 is 5.60 Å². The zero-order chi connectivity index (χ0) is 24.7. The fourth-order valence-electron chi connectivity index (χ4n) is 5.39. The van der Waals surface area contributed by atoms with Gasteiger partial charge in [0.2, 0.25) is 0 Å². The van der Waals surface area contributed by atoms with Gasteiger partial charge in [-0.2, -0.15) is 0 Å². The summed E-state index contributed by atoms with van der Waals surface area (Å²) in [6, 6.07) is 5.80. The van der Waals surface area contributed by atoms with Crippen molar-refractivity contribution in [3.63, 3.8) is 0 Å². The summed E-state index contributed by atoms with van der Waals surface area (Å²) in [6.45, 7) is 6.32. The number of hydrogen-bond donors (Lipinski definition) is 0. The third kappa shape index (κ3) is 5.12. The summed E-state index contributed by atoms with van der Waals surface area (Å²) >= 11 is 12.8. The largest absolute Gasteiger partial charge is 0.444 e. The van der Waals surface area contributed by atoms with Crippen LogP contribution in [0.3, 0.4) is 0 Å². The maximum atomic E-state index is 13.0. The Balaban J connectivity index is 1.42. The van der Waals surface area contributed by atoms with Crippen LogP contribution in [-0.4, -0.2) is 43.1 Å². The molecule has 0 N–H and O–H groups in total. The van der Waals surface area contributed by atoms with Crippen molar-refractivity contribution in [1.82, 2.24) is 19.7 Å². The van der Waals surface area contributed by atoms with Crippen molar-refractivity contribution in [3.05, 3.63) is 52.6 Å². The molecule has 0 saturated heterocycles. The van der Waals surface area contributed by atoms with Gasteiger partial charge in [-0.15, -0.1) is 10.2 Å². The fourth-order valence-corrected chi connectivity index (χ4v) is 5.94. The highest BCUT2D eigenvalue weighted by Crippen LogP contribution is 2.42. The minimum absolute atomic E-state index is 0.179. The van der Waals surface area contributed by atoms with E-state index in [9.17, 15) is 4.79 Å². The standard InChI is InChI=1S/C26H31Cl2N5O2/c1-26(2,3)35-25(34)32-14-18-13-19(27)10-11-21(18)33-22(15-32)30-31-24(33)17-8-6-16(7-9-17)20-5-4-12-29-23(20)28/h4-5,10-13,16-17,20,23H,6-9,14-15H2,1-3H3/t16-,17-,20?,23?. The Morgan fingerprint density at radius 2 is 1.89 bits per heavy atom. The molecule has 0 bridgehead atoms. The third-order valence-corrected chi connectivity index (χ3v) is 7.67. The smallest absolute Gasteiger partial charge is 0.411 e. The molecule has 7 nitrogen and oxygen atoms in total. The summed E-state index contributed by atoms with van der Waals surface area (Å²) in [5.41, 5.74) is 1.16. The van der Waals surface area contributed by atoms with Crippen LogP contribution in [0.25, 0.3) is 5.69 Å². The molecule has 5 rings (SSSR count). The molecular formula is C26H31Cl2N5O2. The number of aliphatic imine (C=N–C) groups is 1. The Morgan fingerprint density at radius 3 is 2.60 bits per heavy atom. The van der Waals surface area contributed by atoms with E-state index in [1.54, 1.807) is 11.1 Å². The van der Waals surface area contributed by atoms with Gasteiger partial charge in [0.05, 0.1) is 18.8 Å². The number of hydrogen-bond acceptors (Lipinski definition) is 5. The number of allylic oxidation sites excluding steroid dienone is 1. The van der Waals surface area contributed by atoms with Crippen LogP contribution in [0.2, 0.25) is 5.02 Å². The molecule has 2 aliphatic heterocycles.